The van der Waals surface area contributed by atoms with Gasteiger partial charge in [0.05, 0.1) is 0 Å². The maximum absolute atomic E-state index is 12.2. The molecule has 2 aliphatic rings. The standard InChI is InChI=1S/C16H29N3O2/c1-12(18-16(21)14-5-3-2-4-6-14)9-15(20)19-8-7-13(10-17)11-19/h12-14H,2-11,17H2,1H3,(H,18,21). The summed E-state index contributed by atoms with van der Waals surface area (Å²) in [7, 11) is 0. The van der Waals surface area contributed by atoms with Crippen molar-refractivity contribution >= 4 is 11.8 Å². The van der Waals surface area contributed by atoms with Gasteiger partial charge in [0.25, 0.3) is 0 Å². The van der Waals surface area contributed by atoms with Crippen LogP contribution in [-0.4, -0.2) is 42.4 Å². The maximum atomic E-state index is 12.2. The van der Waals surface area contributed by atoms with E-state index in [9.17, 15) is 9.59 Å². The molecule has 1 saturated heterocycles. The lowest BCUT2D eigenvalue weighted by Crippen LogP contribution is -2.41. The first-order chi connectivity index (χ1) is 10.1. The molecule has 1 heterocycles. The first kappa shape index (κ1) is 16.3. The molecule has 0 radical (unpaired) electrons. The van der Waals surface area contributed by atoms with E-state index < -0.39 is 0 Å². The Morgan fingerprint density at radius 3 is 2.57 bits per heavy atom. The lowest BCUT2D eigenvalue weighted by molar-refractivity contribution is -0.131. The van der Waals surface area contributed by atoms with Crippen LogP contribution in [0.25, 0.3) is 0 Å². The third-order valence-electron chi connectivity index (χ3n) is 4.82. The average molecular weight is 295 g/mol. The lowest BCUT2D eigenvalue weighted by atomic mass is 9.88. The van der Waals surface area contributed by atoms with Gasteiger partial charge in [0, 0.05) is 31.5 Å². The monoisotopic (exact) mass is 295 g/mol. The Morgan fingerprint density at radius 2 is 1.95 bits per heavy atom. The zero-order chi connectivity index (χ0) is 15.2. The Morgan fingerprint density at radius 1 is 1.24 bits per heavy atom. The van der Waals surface area contributed by atoms with E-state index in [0.29, 0.717) is 18.9 Å². The molecule has 0 aromatic rings. The molecule has 0 bridgehead atoms. The molecule has 120 valence electrons. The van der Waals surface area contributed by atoms with Gasteiger partial charge in [0.1, 0.15) is 0 Å². The molecule has 5 nitrogen and oxygen atoms in total. The smallest absolute Gasteiger partial charge is 0.224 e. The summed E-state index contributed by atoms with van der Waals surface area (Å²) in [6.45, 7) is 4.16. The van der Waals surface area contributed by atoms with Crippen LogP contribution in [-0.2, 0) is 9.59 Å². The minimum atomic E-state index is -0.0798. The summed E-state index contributed by atoms with van der Waals surface area (Å²) >= 11 is 0. The Hall–Kier alpha value is -1.10. The molecule has 0 aromatic heterocycles. The van der Waals surface area contributed by atoms with Gasteiger partial charge in [-0.3, -0.25) is 9.59 Å². The summed E-state index contributed by atoms with van der Waals surface area (Å²) < 4.78 is 0. The largest absolute Gasteiger partial charge is 0.353 e. The number of nitrogens with two attached hydrogens (primary N) is 1. The number of nitrogens with one attached hydrogen (secondary N) is 1. The van der Waals surface area contributed by atoms with Gasteiger partial charge >= 0.3 is 0 Å². The van der Waals surface area contributed by atoms with E-state index in [4.69, 9.17) is 5.73 Å². The summed E-state index contributed by atoms with van der Waals surface area (Å²) in [5, 5.41) is 3.02. The fraction of sp³-hybridized carbons (Fsp3) is 0.875. The lowest BCUT2D eigenvalue weighted by Gasteiger charge is -2.24. The Balaban J connectivity index is 1.72. The second-order valence-corrected chi connectivity index (χ2v) is 6.68. The van der Waals surface area contributed by atoms with Crippen molar-refractivity contribution in [1.29, 1.82) is 0 Å². The van der Waals surface area contributed by atoms with Crippen LogP contribution in [0, 0.1) is 11.8 Å². The van der Waals surface area contributed by atoms with E-state index in [1.807, 2.05) is 11.8 Å². The Labute approximate surface area is 127 Å². The maximum Gasteiger partial charge on any atom is 0.224 e. The zero-order valence-electron chi connectivity index (χ0n) is 13.1. The number of carbonyl (C=O) groups is 2. The number of nitrogens with zero attached hydrogens (tertiary/aromatic N) is 1. The number of hydrogen-bond donors (Lipinski definition) is 2. The predicted molar refractivity (Wildman–Crippen MR) is 82.5 cm³/mol. The van der Waals surface area contributed by atoms with Crippen molar-refractivity contribution in [2.45, 2.75) is 57.9 Å². The topological polar surface area (TPSA) is 75.4 Å². The van der Waals surface area contributed by atoms with E-state index in [0.717, 1.165) is 45.2 Å². The Kier molecular flexibility index (Phi) is 6.03. The normalized spacial score (nSPS) is 24.9. The molecule has 3 N–H and O–H groups in total. The minimum Gasteiger partial charge on any atom is -0.353 e. The van der Waals surface area contributed by atoms with Gasteiger partial charge < -0.3 is 16.0 Å². The van der Waals surface area contributed by atoms with Crippen LogP contribution in [0.2, 0.25) is 0 Å². The van der Waals surface area contributed by atoms with Gasteiger partial charge in [0.15, 0.2) is 0 Å². The highest BCUT2D eigenvalue weighted by molar-refractivity contribution is 5.81. The van der Waals surface area contributed by atoms with Crippen molar-refractivity contribution in [2.75, 3.05) is 19.6 Å². The highest BCUT2D eigenvalue weighted by atomic mass is 16.2. The number of likely N-dealkylation sites (tertiary alicyclic amines) is 1. The summed E-state index contributed by atoms with van der Waals surface area (Å²) in [4.78, 5) is 26.3. The average Bonchev–Trinajstić information content (AvgIpc) is 2.97. The number of amides is 2. The number of carbonyl (C=O) groups excluding carboxylic acids is 2. The van der Waals surface area contributed by atoms with Crippen molar-refractivity contribution in [3.8, 4) is 0 Å². The molecule has 2 unspecified atom stereocenters. The van der Waals surface area contributed by atoms with Crippen molar-refractivity contribution in [3.05, 3.63) is 0 Å². The zero-order valence-corrected chi connectivity index (χ0v) is 13.1. The van der Waals surface area contributed by atoms with Crippen LogP contribution in [0.4, 0.5) is 0 Å². The summed E-state index contributed by atoms with van der Waals surface area (Å²) in [6.07, 6.45) is 6.95. The van der Waals surface area contributed by atoms with Crippen LogP contribution < -0.4 is 11.1 Å². The molecule has 2 atom stereocenters. The molecule has 21 heavy (non-hydrogen) atoms. The minimum absolute atomic E-state index is 0.0798. The van der Waals surface area contributed by atoms with Crippen LogP contribution in [0.15, 0.2) is 0 Å². The predicted octanol–water partition coefficient (Wildman–Crippen LogP) is 1.27. The van der Waals surface area contributed by atoms with Crippen molar-refractivity contribution in [1.82, 2.24) is 10.2 Å². The first-order valence-electron chi connectivity index (χ1n) is 8.38. The molecule has 1 aliphatic carbocycles. The molecule has 1 aliphatic heterocycles. The van der Waals surface area contributed by atoms with Crippen molar-refractivity contribution < 1.29 is 9.59 Å². The van der Waals surface area contributed by atoms with Crippen molar-refractivity contribution in [3.63, 3.8) is 0 Å². The highest BCUT2D eigenvalue weighted by Gasteiger charge is 2.27. The van der Waals surface area contributed by atoms with E-state index in [-0.39, 0.29) is 23.8 Å². The summed E-state index contributed by atoms with van der Waals surface area (Å²) in [5.41, 5.74) is 5.65. The van der Waals surface area contributed by atoms with Gasteiger partial charge in [-0.2, -0.15) is 0 Å². The molecule has 2 fully saturated rings. The van der Waals surface area contributed by atoms with Crippen molar-refractivity contribution in [2.24, 2.45) is 17.6 Å². The van der Waals surface area contributed by atoms with E-state index in [1.165, 1.54) is 6.42 Å². The molecule has 0 spiro atoms. The molecular formula is C16H29N3O2. The quantitative estimate of drug-likeness (QED) is 0.802. The molecular weight excluding hydrogens is 266 g/mol. The highest BCUT2D eigenvalue weighted by Crippen LogP contribution is 2.24. The van der Waals surface area contributed by atoms with Crippen LogP contribution in [0.1, 0.15) is 51.9 Å². The van der Waals surface area contributed by atoms with Gasteiger partial charge in [0.2, 0.25) is 11.8 Å². The molecule has 2 amide bonds. The SMILES string of the molecule is CC(CC(=O)N1CCC(CN)C1)NC(=O)C1CCCCC1. The van der Waals surface area contributed by atoms with Gasteiger partial charge in [-0.15, -0.1) is 0 Å². The summed E-state index contributed by atoms with van der Waals surface area (Å²) in [6, 6.07) is -0.0798. The van der Waals surface area contributed by atoms with E-state index >= 15 is 0 Å². The van der Waals surface area contributed by atoms with Gasteiger partial charge in [-0.05, 0) is 38.6 Å². The molecule has 5 heteroatoms. The fourth-order valence-electron chi connectivity index (χ4n) is 3.42. The second kappa shape index (κ2) is 7.78. The van der Waals surface area contributed by atoms with E-state index in [2.05, 4.69) is 5.32 Å². The third kappa shape index (κ3) is 4.70. The Bertz CT molecular complexity index is 367. The molecule has 1 saturated carbocycles. The second-order valence-electron chi connectivity index (χ2n) is 6.68. The van der Waals surface area contributed by atoms with Crippen LogP contribution >= 0.6 is 0 Å². The van der Waals surface area contributed by atoms with Crippen LogP contribution in [0.5, 0.6) is 0 Å². The first-order valence-corrected chi connectivity index (χ1v) is 8.38. The van der Waals surface area contributed by atoms with Crippen LogP contribution in [0.3, 0.4) is 0 Å². The molecule has 2 rings (SSSR count). The number of hydrogen-bond acceptors (Lipinski definition) is 3. The molecule has 0 aromatic carbocycles. The van der Waals surface area contributed by atoms with Gasteiger partial charge in [-0.25, -0.2) is 0 Å². The third-order valence-corrected chi connectivity index (χ3v) is 4.82. The summed E-state index contributed by atoms with van der Waals surface area (Å²) in [5.74, 6) is 0.879. The fourth-order valence-corrected chi connectivity index (χ4v) is 3.42. The number of rotatable bonds is 5. The van der Waals surface area contributed by atoms with Gasteiger partial charge in [-0.1, -0.05) is 19.3 Å². The van der Waals surface area contributed by atoms with E-state index in [1.54, 1.807) is 0 Å².